The maximum atomic E-state index is 12.3. The van der Waals surface area contributed by atoms with Gasteiger partial charge in [0.2, 0.25) is 11.8 Å². The highest BCUT2D eigenvalue weighted by atomic mass is 35.5. The van der Waals surface area contributed by atoms with E-state index in [1.807, 2.05) is 0 Å². The van der Waals surface area contributed by atoms with Crippen LogP contribution in [0.15, 0.2) is 60.8 Å². The third-order valence-corrected chi connectivity index (χ3v) is 3.39. The molecule has 0 unspecified atom stereocenters. The molecule has 2 heterocycles. The zero-order valence-corrected chi connectivity index (χ0v) is 13.8. The minimum Gasteiger partial charge on any atom is -0.421 e. The summed E-state index contributed by atoms with van der Waals surface area (Å²) in [6.07, 6.45) is 1.60. The predicted octanol–water partition coefficient (Wildman–Crippen LogP) is 4.83. The SMILES string of the molecule is O=C(Nc1cc(Cl)nc(Oc2ccccn2)c1)c1cccc(Cl)c1. The predicted molar refractivity (Wildman–Crippen MR) is 93.0 cm³/mol. The Kier molecular flexibility index (Phi) is 4.93. The Morgan fingerprint density at radius 1 is 1.00 bits per heavy atom. The third-order valence-electron chi connectivity index (χ3n) is 2.96. The van der Waals surface area contributed by atoms with Crippen LogP contribution in [0.25, 0.3) is 0 Å². The van der Waals surface area contributed by atoms with Crippen LogP contribution in [0.1, 0.15) is 10.4 Å². The summed E-state index contributed by atoms with van der Waals surface area (Å²) in [7, 11) is 0. The van der Waals surface area contributed by atoms with Crippen LogP contribution in [-0.4, -0.2) is 15.9 Å². The van der Waals surface area contributed by atoms with E-state index < -0.39 is 0 Å². The highest BCUT2D eigenvalue weighted by Gasteiger charge is 2.10. The average molecular weight is 360 g/mol. The lowest BCUT2D eigenvalue weighted by atomic mass is 10.2. The van der Waals surface area contributed by atoms with Crippen LogP contribution in [0.4, 0.5) is 5.69 Å². The fourth-order valence-electron chi connectivity index (χ4n) is 1.94. The third kappa shape index (κ3) is 4.22. The molecule has 0 saturated carbocycles. The zero-order chi connectivity index (χ0) is 16.9. The summed E-state index contributed by atoms with van der Waals surface area (Å²) >= 11 is 11.9. The summed E-state index contributed by atoms with van der Waals surface area (Å²) in [6.45, 7) is 0. The van der Waals surface area contributed by atoms with E-state index in [4.69, 9.17) is 27.9 Å². The minimum absolute atomic E-state index is 0.185. The van der Waals surface area contributed by atoms with E-state index in [-0.39, 0.29) is 16.9 Å². The molecule has 0 aliphatic carbocycles. The summed E-state index contributed by atoms with van der Waals surface area (Å²) in [4.78, 5) is 20.4. The smallest absolute Gasteiger partial charge is 0.255 e. The van der Waals surface area contributed by atoms with Crippen molar-refractivity contribution in [3.63, 3.8) is 0 Å². The molecule has 0 aliphatic heterocycles. The number of amides is 1. The first-order valence-corrected chi connectivity index (χ1v) is 7.69. The standard InChI is InChI=1S/C17H11Cl2N3O2/c18-12-5-3-4-11(8-12)17(23)21-13-9-14(19)22-16(10-13)24-15-6-1-2-7-20-15/h1-10H,(H,21,22,23). The van der Waals surface area contributed by atoms with Crippen molar-refractivity contribution in [2.75, 3.05) is 5.32 Å². The van der Waals surface area contributed by atoms with E-state index in [2.05, 4.69) is 15.3 Å². The molecule has 0 aliphatic rings. The second-order valence-corrected chi connectivity index (χ2v) is 5.57. The molecular formula is C17H11Cl2N3O2. The van der Waals surface area contributed by atoms with Crippen molar-refractivity contribution in [3.8, 4) is 11.8 Å². The number of rotatable bonds is 4. The highest BCUT2D eigenvalue weighted by Crippen LogP contribution is 2.24. The van der Waals surface area contributed by atoms with Gasteiger partial charge in [-0.25, -0.2) is 9.97 Å². The first-order chi connectivity index (χ1) is 11.6. The average Bonchev–Trinajstić information content (AvgIpc) is 2.55. The number of carbonyl (C=O) groups is 1. The fourth-order valence-corrected chi connectivity index (χ4v) is 2.34. The fraction of sp³-hybridized carbons (Fsp3) is 0. The zero-order valence-electron chi connectivity index (χ0n) is 12.2. The van der Waals surface area contributed by atoms with Gasteiger partial charge in [0.25, 0.3) is 5.91 Å². The van der Waals surface area contributed by atoms with Crippen LogP contribution >= 0.6 is 23.2 Å². The van der Waals surface area contributed by atoms with Gasteiger partial charge >= 0.3 is 0 Å². The topological polar surface area (TPSA) is 64.1 Å². The van der Waals surface area contributed by atoms with Gasteiger partial charge in [0.05, 0.1) is 0 Å². The van der Waals surface area contributed by atoms with Crippen molar-refractivity contribution in [1.82, 2.24) is 9.97 Å². The number of hydrogen-bond donors (Lipinski definition) is 1. The first-order valence-electron chi connectivity index (χ1n) is 6.93. The van der Waals surface area contributed by atoms with Crippen LogP contribution in [0.3, 0.4) is 0 Å². The molecule has 1 amide bonds. The Hall–Kier alpha value is -2.63. The van der Waals surface area contributed by atoms with Crippen molar-refractivity contribution in [3.05, 3.63) is 76.5 Å². The lowest BCUT2D eigenvalue weighted by Gasteiger charge is -2.09. The van der Waals surface area contributed by atoms with Crippen LogP contribution in [-0.2, 0) is 0 Å². The Morgan fingerprint density at radius 3 is 2.62 bits per heavy atom. The van der Waals surface area contributed by atoms with Gasteiger partial charge in [-0.3, -0.25) is 4.79 Å². The number of ether oxygens (including phenoxy) is 1. The Labute approximate surface area is 148 Å². The van der Waals surface area contributed by atoms with E-state index in [0.717, 1.165) is 0 Å². The largest absolute Gasteiger partial charge is 0.421 e. The van der Waals surface area contributed by atoms with Gasteiger partial charge in [0, 0.05) is 34.6 Å². The van der Waals surface area contributed by atoms with Crippen molar-refractivity contribution in [2.45, 2.75) is 0 Å². The number of anilines is 1. The Bertz CT molecular complexity index is 873. The van der Waals surface area contributed by atoms with Crippen LogP contribution in [0, 0.1) is 0 Å². The molecule has 5 nitrogen and oxygen atoms in total. The number of nitrogens with one attached hydrogen (secondary N) is 1. The van der Waals surface area contributed by atoms with E-state index in [1.165, 1.54) is 6.07 Å². The van der Waals surface area contributed by atoms with E-state index in [0.29, 0.717) is 22.2 Å². The summed E-state index contributed by atoms with van der Waals surface area (Å²) in [5.74, 6) is 0.283. The van der Waals surface area contributed by atoms with E-state index in [9.17, 15) is 4.79 Å². The lowest BCUT2D eigenvalue weighted by molar-refractivity contribution is 0.102. The number of benzene rings is 1. The molecule has 0 spiro atoms. The van der Waals surface area contributed by atoms with E-state index >= 15 is 0 Å². The van der Waals surface area contributed by atoms with Crippen LogP contribution < -0.4 is 10.1 Å². The lowest BCUT2D eigenvalue weighted by Crippen LogP contribution is -2.12. The number of hydrogen-bond acceptors (Lipinski definition) is 4. The monoisotopic (exact) mass is 359 g/mol. The van der Waals surface area contributed by atoms with Gasteiger partial charge in [-0.15, -0.1) is 0 Å². The summed E-state index contributed by atoms with van der Waals surface area (Å²) in [5, 5.41) is 3.40. The molecule has 24 heavy (non-hydrogen) atoms. The number of halogens is 2. The second kappa shape index (κ2) is 7.29. The summed E-state index contributed by atoms with van der Waals surface area (Å²) < 4.78 is 5.53. The molecule has 2 aromatic heterocycles. The molecular weight excluding hydrogens is 349 g/mol. The second-order valence-electron chi connectivity index (χ2n) is 4.75. The quantitative estimate of drug-likeness (QED) is 0.677. The molecule has 120 valence electrons. The first kappa shape index (κ1) is 16.2. The number of nitrogens with zero attached hydrogens (tertiary/aromatic N) is 2. The van der Waals surface area contributed by atoms with Gasteiger partial charge < -0.3 is 10.1 Å². The molecule has 3 rings (SSSR count). The maximum Gasteiger partial charge on any atom is 0.255 e. The van der Waals surface area contributed by atoms with E-state index in [1.54, 1.807) is 54.7 Å². The van der Waals surface area contributed by atoms with Crippen molar-refractivity contribution < 1.29 is 9.53 Å². The molecule has 7 heteroatoms. The normalized spacial score (nSPS) is 10.2. The van der Waals surface area contributed by atoms with Crippen LogP contribution in [0.5, 0.6) is 11.8 Å². The van der Waals surface area contributed by atoms with Gasteiger partial charge in [-0.2, -0.15) is 0 Å². The molecule has 0 atom stereocenters. The number of carbonyl (C=O) groups excluding carboxylic acids is 1. The molecule has 0 saturated heterocycles. The number of aromatic nitrogens is 2. The van der Waals surface area contributed by atoms with Gasteiger partial charge in [-0.05, 0) is 30.3 Å². The van der Waals surface area contributed by atoms with Gasteiger partial charge in [0.15, 0.2) is 0 Å². The van der Waals surface area contributed by atoms with Crippen molar-refractivity contribution in [2.24, 2.45) is 0 Å². The van der Waals surface area contributed by atoms with Crippen molar-refractivity contribution >= 4 is 34.8 Å². The van der Waals surface area contributed by atoms with Gasteiger partial charge in [0.1, 0.15) is 5.15 Å². The highest BCUT2D eigenvalue weighted by molar-refractivity contribution is 6.31. The maximum absolute atomic E-state index is 12.3. The molecule has 0 bridgehead atoms. The van der Waals surface area contributed by atoms with Gasteiger partial charge in [-0.1, -0.05) is 35.3 Å². The molecule has 3 aromatic rings. The van der Waals surface area contributed by atoms with Crippen LogP contribution in [0.2, 0.25) is 10.2 Å². The summed E-state index contributed by atoms with van der Waals surface area (Å²) in [6, 6.07) is 15.0. The molecule has 1 N–H and O–H groups in total. The Balaban J connectivity index is 1.80. The molecule has 0 fully saturated rings. The van der Waals surface area contributed by atoms with Crippen molar-refractivity contribution in [1.29, 1.82) is 0 Å². The molecule has 1 aromatic carbocycles. The number of pyridine rings is 2. The molecule has 0 radical (unpaired) electrons. The summed E-state index contributed by atoms with van der Waals surface area (Å²) in [5.41, 5.74) is 0.883. The Morgan fingerprint density at radius 2 is 1.88 bits per heavy atom. The minimum atomic E-state index is -0.316.